The van der Waals surface area contributed by atoms with E-state index in [9.17, 15) is 23.1 Å². The highest BCUT2D eigenvalue weighted by molar-refractivity contribution is 5.82. The number of aliphatic hydroxyl groups is 1. The van der Waals surface area contributed by atoms with E-state index in [4.69, 9.17) is 9.90 Å². The molecule has 0 aliphatic carbocycles. The fourth-order valence-electron chi connectivity index (χ4n) is 3.17. The second-order valence-corrected chi connectivity index (χ2v) is 7.14. The van der Waals surface area contributed by atoms with Crippen LogP contribution in [-0.2, 0) is 16.1 Å². The van der Waals surface area contributed by atoms with Gasteiger partial charge in [-0.15, -0.1) is 0 Å². The molecule has 8 nitrogen and oxygen atoms in total. The predicted molar refractivity (Wildman–Crippen MR) is 109 cm³/mol. The van der Waals surface area contributed by atoms with Gasteiger partial charge in [0.15, 0.2) is 0 Å². The standard InChI is InChI=1S/C19H20N4O2.C2HF3O2/c24-15-9-17(20-11-15)19(25)21-10-13-5-7-14(8-6-13)23-12-22-16-3-1-2-4-18(16)23;3-2(4,5)1(6)7/h1-8,12,15,17,20,24H,9-11H2,(H,21,25);(H,6,7)/t15-,17-;/m1./s1. The largest absolute Gasteiger partial charge is 0.490 e. The molecule has 0 bridgehead atoms. The molecule has 1 aliphatic rings. The summed E-state index contributed by atoms with van der Waals surface area (Å²) in [6.07, 6.45) is -3.23. The van der Waals surface area contributed by atoms with E-state index in [1.54, 1.807) is 0 Å². The Labute approximate surface area is 180 Å². The maximum Gasteiger partial charge on any atom is 0.490 e. The van der Waals surface area contributed by atoms with E-state index in [2.05, 4.69) is 15.6 Å². The number of β-amino-alcohol motifs (C(OH)–C–C–N with tert-alkyl or cyclic N) is 1. The highest BCUT2D eigenvalue weighted by Gasteiger charge is 2.38. The topological polar surface area (TPSA) is 116 Å². The van der Waals surface area contributed by atoms with Crippen molar-refractivity contribution in [2.24, 2.45) is 0 Å². The molecule has 1 amide bonds. The van der Waals surface area contributed by atoms with E-state index < -0.39 is 18.2 Å². The minimum Gasteiger partial charge on any atom is -0.475 e. The van der Waals surface area contributed by atoms with E-state index >= 15 is 0 Å². The van der Waals surface area contributed by atoms with Crippen LogP contribution < -0.4 is 10.6 Å². The lowest BCUT2D eigenvalue weighted by Crippen LogP contribution is -2.39. The van der Waals surface area contributed by atoms with Gasteiger partial charge in [-0.1, -0.05) is 24.3 Å². The first kappa shape index (κ1) is 23.2. The molecule has 4 N–H and O–H groups in total. The van der Waals surface area contributed by atoms with Crippen molar-refractivity contribution in [1.82, 2.24) is 20.2 Å². The van der Waals surface area contributed by atoms with E-state index in [-0.39, 0.29) is 11.9 Å². The number of para-hydroxylation sites is 2. The molecule has 3 aromatic rings. The number of carbonyl (C=O) groups is 2. The van der Waals surface area contributed by atoms with Gasteiger partial charge in [-0.25, -0.2) is 9.78 Å². The van der Waals surface area contributed by atoms with Gasteiger partial charge in [0.05, 0.1) is 23.2 Å². The van der Waals surface area contributed by atoms with Crippen molar-refractivity contribution in [3.05, 3.63) is 60.4 Å². The molecule has 0 saturated carbocycles. The number of nitrogens with zero attached hydrogens (tertiary/aromatic N) is 2. The zero-order valence-corrected chi connectivity index (χ0v) is 16.7. The fraction of sp³-hybridized carbons (Fsp3) is 0.286. The van der Waals surface area contributed by atoms with Gasteiger partial charge in [0.2, 0.25) is 5.91 Å². The molecule has 0 spiro atoms. The summed E-state index contributed by atoms with van der Waals surface area (Å²) in [5.41, 5.74) is 4.09. The van der Waals surface area contributed by atoms with E-state index in [0.717, 1.165) is 22.3 Å². The number of aliphatic carboxylic acids is 1. The van der Waals surface area contributed by atoms with Gasteiger partial charge in [-0.3, -0.25) is 9.36 Å². The number of halogens is 3. The quantitative estimate of drug-likeness (QED) is 0.483. The van der Waals surface area contributed by atoms with Crippen molar-refractivity contribution in [2.75, 3.05) is 6.54 Å². The summed E-state index contributed by atoms with van der Waals surface area (Å²) in [6.45, 7) is 0.948. The number of benzene rings is 2. The minimum atomic E-state index is -5.08. The number of fused-ring (bicyclic) bond motifs is 1. The number of aromatic nitrogens is 2. The van der Waals surface area contributed by atoms with Crippen molar-refractivity contribution >= 4 is 22.9 Å². The number of carboxylic acid groups (broad SMARTS) is 1. The fourth-order valence-corrected chi connectivity index (χ4v) is 3.17. The smallest absolute Gasteiger partial charge is 0.475 e. The van der Waals surface area contributed by atoms with Gasteiger partial charge in [-0.05, 0) is 36.2 Å². The molecule has 0 unspecified atom stereocenters. The first-order chi connectivity index (χ1) is 15.1. The first-order valence-electron chi connectivity index (χ1n) is 9.66. The Balaban J connectivity index is 0.000000360. The zero-order valence-electron chi connectivity index (χ0n) is 16.7. The van der Waals surface area contributed by atoms with E-state index in [0.29, 0.717) is 19.5 Å². The summed E-state index contributed by atoms with van der Waals surface area (Å²) >= 11 is 0. The van der Waals surface area contributed by atoms with Crippen LogP contribution in [0.1, 0.15) is 12.0 Å². The van der Waals surface area contributed by atoms with E-state index in [1.165, 1.54) is 0 Å². The van der Waals surface area contributed by atoms with Crippen LogP contribution in [0.4, 0.5) is 13.2 Å². The summed E-state index contributed by atoms with van der Waals surface area (Å²) < 4.78 is 33.8. The molecule has 1 aromatic heterocycles. The Kier molecular flexibility index (Phi) is 7.11. The van der Waals surface area contributed by atoms with Gasteiger partial charge in [0.1, 0.15) is 6.33 Å². The summed E-state index contributed by atoms with van der Waals surface area (Å²) in [5, 5.41) is 22.5. The molecular formula is C21H21F3N4O4. The number of carboxylic acids is 1. The molecule has 2 heterocycles. The Morgan fingerprint density at radius 3 is 2.41 bits per heavy atom. The van der Waals surface area contributed by atoms with Gasteiger partial charge in [0.25, 0.3) is 0 Å². The Bertz CT molecular complexity index is 1080. The third kappa shape index (κ3) is 5.83. The van der Waals surface area contributed by atoms with Crippen LogP contribution in [0.15, 0.2) is 54.9 Å². The molecule has 1 aliphatic heterocycles. The van der Waals surface area contributed by atoms with Crippen LogP contribution in [-0.4, -0.2) is 56.5 Å². The lowest BCUT2D eigenvalue weighted by atomic mass is 10.1. The molecule has 1 saturated heterocycles. The number of rotatable bonds is 4. The zero-order chi connectivity index (χ0) is 23.3. The predicted octanol–water partition coefficient (Wildman–Crippen LogP) is 2.00. The maximum absolute atomic E-state index is 12.1. The monoisotopic (exact) mass is 450 g/mol. The van der Waals surface area contributed by atoms with Crippen LogP contribution in [0.25, 0.3) is 16.7 Å². The number of carbonyl (C=O) groups excluding carboxylic acids is 1. The van der Waals surface area contributed by atoms with Gasteiger partial charge in [-0.2, -0.15) is 13.2 Å². The number of hydrogen-bond donors (Lipinski definition) is 4. The average molecular weight is 450 g/mol. The van der Waals surface area contributed by atoms with Crippen LogP contribution in [0.3, 0.4) is 0 Å². The normalized spacial score (nSPS) is 18.1. The molecule has 1 fully saturated rings. The van der Waals surface area contributed by atoms with Crippen LogP contribution in [0.2, 0.25) is 0 Å². The molecule has 11 heteroatoms. The van der Waals surface area contributed by atoms with Gasteiger partial charge < -0.3 is 20.8 Å². The Morgan fingerprint density at radius 2 is 1.81 bits per heavy atom. The molecule has 170 valence electrons. The number of imidazole rings is 1. The van der Waals surface area contributed by atoms with Crippen LogP contribution in [0.5, 0.6) is 0 Å². The first-order valence-corrected chi connectivity index (χ1v) is 9.66. The van der Waals surface area contributed by atoms with Crippen molar-refractivity contribution in [1.29, 1.82) is 0 Å². The highest BCUT2D eigenvalue weighted by atomic mass is 19.4. The van der Waals surface area contributed by atoms with Crippen molar-refractivity contribution in [2.45, 2.75) is 31.3 Å². The van der Waals surface area contributed by atoms with E-state index in [1.807, 2.05) is 59.4 Å². The summed E-state index contributed by atoms with van der Waals surface area (Å²) in [5.74, 6) is -2.83. The molecule has 2 atom stereocenters. The average Bonchev–Trinajstić information content (AvgIpc) is 3.38. The summed E-state index contributed by atoms with van der Waals surface area (Å²) in [6, 6.07) is 15.8. The molecule has 4 rings (SSSR count). The Morgan fingerprint density at radius 1 is 1.16 bits per heavy atom. The number of aliphatic hydroxyl groups excluding tert-OH is 1. The second kappa shape index (κ2) is 9.79. The summed E-state index contributed by atoms with van der Waals surface area (Å²) in [4.78, 5) is 25.4. The molecular weight excluding hydrogens is 429 g/mol. The van der Waals surface area contributed by atoms with Crippen molar-refractivity contribution in [3.63, 3.8) is 0 Å². The molecule has 2 aromatic carbocycles. The summed E-state index contributed by atoms with van der Waals surface area (Å²) in [7, 11) is 0. The Hall–Kier alpha value is -3.44. The van der Waals surface area contributed by atoms with Gasteiger partial charge >= 0.3 is 12.1 Å². The highest BCUT2D eigenvalue weighted by Crippen LogP contribution is 2.18. The number of amides is 1. The molecule has 0 radical (unpaired) electrons. The second-order valence-electron chi connectivity index (χ2n) is 7.14. The van der Waals surface area contributed by atoms with Gasteiger partial charge in [0, 0.05) is 18.8 Å². The number of hydrogen-bond acceptors (Lipinski definition) is 5. The maximum atomic E-state index is 12.1. The third-order valence-corrected chi connectivity index (χ3v) is 4.80. The van der Waals surface area contributed by atoms with Crippen molar-refractivity contribution in [3.8, 4) is 5.69 Å². The van der Waals surface area contributed by atoms with Crippen LogP contribution >= 0.6 is 0 Å². The molecule has 32 heavy (non-hydrogen) atoms. The third-order valence-electron chi connectivity index (χ3n) is 4.80. The SMILES string of the molecule is O=C(NCc1ccc(-n2cnc3ccccc32)cc1)[C@H]1C[C@@H](O)CN1.O=C(O)C(F)(F)F. The lowest BCUT2D eigenvalue weighted by Gasteiger charge is -2.11. The van der Waals surface area contributed by atoms with Crippen molar-refractivity contribution < 1.29 is 33.0 Å². The minimum absolute atomic E-state index is 0.0683. The number of nitrogens with one attached hydrogen (secondary N) is 2. The lowest BCUT2D eigenvalue weighted by molar-refractivity contribution is -0.192. The number of alkyl halides is 3. The van der Waals surface area contributed by atoms with Crippen LogP contribution in [0, 0.1) is 0 Å².